The Morgan fingerprint density at radius 2 is 2.00 bits per heavy atom. The molecular weight excluding hydrogens is 246 g/mol. The fraction of sp³-hybridized carbons (Fsp3) is 0.600. The lowest BCUT2D eigenvalue weighted by Crippen LogP contribution is -2.36. The highest BCUT2D eigenvalue weighted by atomic mass is 35.5. The maximum absolute atomic E-state index is 9.59. The molecule has 0 radical (unpaired) electrons. The molecule has 0 aromatic heterocycles. The van der Waals surface area contributed by atoms with Gasteiger partial charge in [-0.05, 0) is 31.4 Å². The monoisotopic (exact) mass is 267 g/mol. The molecule has 1 aromatic carbocycles. The zero-order valence-corrected chi connectivity index (χ0v) is 11.7. The van der Waals surface area contributed by atoms with Crippen molar-refractivity contribution in [3.63, 3.8) is 0 Å². The Morgan fingerprint density at radius 3 is 2.61 bits per heavy atom. The summed E-state index contributed by atoms with van der Waals surface area (Å²) in [7, 11) is 0. The van der Waals surface area contributed by atoms with Crippen LogP contribution in [0.1, 0.15) is 44.2 Å². The molecule has 1 aliphatic rings. The van der Waals surface area contributed by atoms with Crippen LogP contribution in [-0.2, 0) is 0 Å². The minimum atomic E-state index is 0.0928. The molecule has 18 heavy (non-hydrogen) atoms. The predicted octanol–water partition coefficient (Wildman–Crippen LogP) is 3.54. The number of hydrogen-bond acceptors (Lipinski definition) is 2. The third kappa shape index (κ3) is 3.05. The average molecular weight is 268 g/mol. The summed E-state index contributed by atoms with van der Waals surface area (Å²) in [5.41, 5.74) is 1.22. The van der Waals surface area contributed by atoms with Crippen molar-refractivity contribution >= 4 is 11.6 Å². The van der Waals surface area contributed by atoms with E-state index < -0.39 is 0 Å². The van der Waals surface area contributed by atoms with Gasteiger partial charge >= 0.3 is 0 Å². The summed E-state index contributed by atoms with van der Waals surface area (Å²) in [4.78, 5) is 0. The Kier molecular flexibility index (Phi) is 4.66. The smallest absolute Gasteiger partial charge is 0.0499 e. The van der Waals surface area contributed by atoms with Crippen molar-refractivity contribution in [3.8, 4) is 0 Å². The van der Waals surface area contributed by atoms with Crippen LogP contribution in [0.4, 0.5) is 0 Å². The minimum absolute atomic E-state index is 0.0928. The van der Waals surface area contributed by atoms with Gasteiger partial charge in [-0.25, -0.2) is 0 Å². The first-order valence-corrected chi connectivity index (χ1v) is 7.13. The molecule has 0 heterocycles. The molecule has 2 N–H and O–H groups in total. The summed E-state index contributed by atoms with van der Waals surface area (Å²) >= 11 is 6.19. The van der Waals surface area contributed by atoms with E-state index in [1.165, 1.54) is 12.8 Å². The SMILES string of the molecule is CC(NCC1(CO)CCCC1)c1ccccc1Cl. The first kappa shape index (κ1) is 13.9. The molecule has 1 fully saturated rings. The van der Waals surface area contributed by atoms with Gasteiger partial charge in [0.05, 0.1) is 0 Å². The quantitative estimate of drug-likeness (QED) is 0.855. The molecule has 1 atom stereocenters. The number of hydrogen-bond donors (Lipinski definition) is 2. The molecule has 0 spiro atoms. The van der Waals surface area contributed by atoms with Crippen LogP contribution in [-0.4, -0.2) is 18.3 Å². The lowest BCUT2D eigenvalue weighted by Gasteiger charge is -2.29. The molecule has 1 saturated carbocycles. The molecule has 100 valence electrons. The fourth-order valence-electron chi connectivity index (χ4n) is 2.82. The van der Waals surface area contributed by atoms with Crippen LogP contribution in [0.3, 0.4) is 0 Å². The molecular formula is C15H22ClNO. The number of nitrogens with one attached hydrogen (secondary N) is 1. The van der Waals surface area contributed by atoms with Crippen molar-refractivity contribution in [1.29, 1.82) is 0 Å². The zero-order chi connectivity index (χ0) is 13.0. The summed E-state index contributed by atoms with van der Waals surface area (Å²) in [6.45, 7) is 3.28. The summed E-state index contributed by atoms with van der Waals surface area (Å²) < 4.78 is 0. The Bertz CT molecular complexity index is 388. The van der Waals surface area contributed by atoms with Crippen molar-refractivity contribution in [3.05, 3.63) is 34.9 Å². The van der Waals surface area contributed by atoms with E-state index in [-0.39, 0.29) is 18.1 Å². The number of aliphatic hydroxyl groups excluding tert-OH is 1. The molecule has 2 nitrogen and oxygen atoms in total. The number of aliphatic hydroxyl groups is 1. The summed E-state index contributed by atoms with van der Waals surface area (Å²) in [6.07, 6.45) is 4.74. The number of rotatable bonds is 5. The second-order valence-electron chi connectivity index (χ2n) is 5.49. The van der Waals surface area contributed by atoms with E-state index >= 15 is 0 Å². The van der Waals surface area contributed by atoms with E-state index in [0.29, 0.717) is 0 Å². The van der Waals surface area contributed by atoms with E-state index in [4.69, 9.17) is 11.6 Å². The van der Waals surface area contributed by atoms with E-state index in [0.717, 1.165) is 30.0 Å². The predicted molar refractivity (Wildman–Crippen MR) is 75.9 cm³/mol. The fourth-order valence-corrected chi connectivity index (χ4v) is 3.12. The van der Waals surface area contributed by atoms with E-state index in [1.807, 2.05) is 18.2 Å². The third-order valence-electron chi connectivity index (χ3n) is 4.15. The van der Waals surface area contributed by atoms with Crippen molar-refractivity contribution in [1.82, 2.24) is 5.32 Å². The van der Waals surface area contributed by atoms with Gasteiger partial charge in [-0.15, -0.1) is 0 Å². The average Bonchev–Trinajstić information content (AvgIpc) is 2.86. The lowest BCUT2D eigenvalue weighted by molar-refractivity contribution is 0.125. The number of halogens is 1. The molecule has 0 aliphatic heterocycles. The van der Waals surface area contributed by atoms with Crippen molar-refractivity contribution in [2.75, 3.05) is 13.2 Å². The molecule has 0 saturated heterocycles. The molecule has 0 amide bonds. The Hall–Kier alpha value is -0.570. The van der Waals surface area contributed by atoms with Crippen LogP contribution in [0.25, 0.3) is 0 Å². The van der Waals surface area contributed by atoms with Crippen LogP contribution in [0.5, 0.6) is 0 Å². The standard InChI is InChI=1S/C15H22ClNO/c1-12(13-6-2-3-7-14(13)16)17-10-15(11-18)8-4-5-9-15/h2-3,6-7,12,17-18H,4-5,8-11H2,1H3. The van der Waals surface area contributed by atoms with Crippen LogP contribution in [0.15, 0.2) is 24.3 Å². The summed E-state index contributed by atoms with van der Waals surface area (Å²) in [5, 5.41) is 13.9. The second-order valence-corrected chi connectivity index (χ2v) is 5.90. The Balaban J connectivity index is 1.96. The molecule has 1 aromatic rings. The van der Waals surface area contributed by atoms with Crippen LogP contribution in [0.2, 0.25) is 5.02 Å². The van der Waals surface area contributed by atoms with Gasteiger partial charge in [0.15, 0.2) is 0 Å². The molecule has 3 heteroatoms. The van der Waals surface area contributed by atoms with E-state index in [1.54, 1.807) is 0 Å². The van der Waals surface area contributed by atoms with Gasteiger partial charge in [-0.1, -0.05) is 42.6 Å². The normalized spacial score (nSPS) is 19.9. The van der Waals surface area contributed by atoms with Crippen molar-refractivity contribution in [2.24, 2.45) is 5.41 Å². The van der Waals surface area contributed by atoms with Gasteiger partial charge < -0.3 is 10.4 Å². The topological polar surface area (TPSA) is 32.3 Å². The molecule has 2 rings (SSSR count). The Labute approximate surface area is 114 Å². The van der Waals surface area contributed by atoms with Crippen molar-refractivity contribution in [2.45, 2.75) is 38.6 Å². The van der Waals surface area contributed by atoms with Gasteiger partial charge in [0.25, 0.3) is 0 Å². The molecule has 1 unspecified atom stereocenters. The maximum Gasteiger partial charge on any atom is 0.0499 e. The van der Waals surface area contributed by atoms with Crippen molar-refractivity contribution < 1.29 is 5.11 Å². The first-order chi connectivity index (χ1) is 8.67. The largest absolute Gasteiger partial charge is 0.396 e. The maximum atomic E-state index is 9.59. The molecule has 0 bridgehead atoms. The van der Waals surface area contributed by atoms with Gasteiger partial charge in [0.1, 0.15) is 0 Å². The van der Waals surface area contributed by atoms with Gasteiger partial charge in [0, 0.05) is 29.6 Å². The first-order valence-electron chi connectivity index (χ1n) is 6.76. The van der Waals surface area contributed by atoms with Gasteiger partial charge in [0.2, 0.25) is 0 Å². The highest BCUT2D eigenvalue weighted by molar-refractivity contribution is 6.31. The van der Waals surface area contributed by atoms with Gasteiger partial charge in [-0.2, -0.15) is 0 Å². The van der Waals surface area contributed by atoms with Crippen LogP contribution in [0, 0.1) is 5.41 Å². The minimum Gasteiger partial charge on any atom is -0.396 e. The van der Waals surface area contributed by atoms with Crippen LogP contribution < -0.4 is 5.32 Å². The highest BCUT2D eigenvalue weighted by Crippen LogP contribution is 2.37. The van der Waals surface area contributed by atoms with Gasteiger partial charge in [-0.3, -0.25) is 0 Å². The van der Waals surface area contributed by atoms with E-state index in [2.05, 4.69) is 18.3 Å². The van der Waals surface area contributed by atoms with Crippen LogP contribution >= 0.6 is 11.6 Å². The van der Waals surface area contributed by atoms with E-state index in [9.17, 15) is 5.11 Å². The summed E-state index contributed by atoms with van der Waals surface area (Å²) in [5.74, 6) is 0. The zero-order valence-electron chi connectivity index (χ0n) is 11.0. The number of benzene rings is 1. The molecule has 1 aliphatic carbocycles. The highest BCUT2D eigenvalue weighted by Gasteiger charge is 2.33. The lowest BCUT2D eigenvalue weighted by atomic mass is 9.87. The third-order valence-corrected chi connectivity index (χ3v) is 4.50. The second kappa shape index (κ2) is 6.05. The Morgan fingerprint density at radius 1 is 1.33 bits per heavy atom. The summed E-state index contributed by atoms with van der Waals surface area (Å²) in [6, 6.07) is 8.16.